The molecule has 0 aromatic heterocycles. The Morgan fingerprint density at radius 1 is 1.17 bits per heavy atom. The summed E-state index contributed by atoms with van der Waals surface area (Å²) in [5.74, 6) is -1.59. The molecule has 0 aliphatic carbocycles. The SMILES string of the molecule is COc1cccc(/C=C2\SC(=O)N(CC(=O)Nc3ccc(C(=O)O)cc3)C2=O)c1. The van der Waals surface area contributed by atoms with Crippen molar-refractivity contribution in [2.24, 2.45) is 0 Å². The summed E-state index contributed by atoms with van der Waals surface area (Å²) in [7, 11) is 1.53. The van der Waals surface area contributed by atoms with Gasteiger partial charge >= 0.3 is 5.97 Å². The Labute approximate surface area is 170 Å². The maximum atomic E-state index is 12.5. The normalized spacial score (nSPS) is 14.9. The van der Waals surface area contributed by atoms with Crippen molar-refractivity contribution in [2.45, 2.75) is 0 Å². The van der Waals surface area contributed by atoms with E-state index in [9.17, 15) is 19.2 Å². The molecule has 0 spiro atoms. The fourth-order valence-electron chi connectivity index (χ4n) is 2.56. The van der Waals surface area contributed by atoms with Gasteiger partial charge in [-0.2, -0.15) is 0 Å². The van der Waals surface area contributed by atoms with Crippen LogP contribution in [-0.4, -0.2) is 46.7 Å². The Morgan fingerprint density at radius 2 is 1.90 bits per heavy atom. The lowest BCUT2D eigenvalue weighted by molar-refractivity contribution is -0.127. The van der Waals surface area contributed by atoms with E-state index in [1.807, 2.05) is 0 Å². The van der Waals surface area contributed by atoms with Gasteiger partial charge in [0.2, 0.25) is 5.91 Å². The Morgan fingerprint density at radius 3 is 2.55 bits per heavy atom. The number of ether oxygens (including phenoxy) is 1. The van der Waals surface area contributed by atoms with Crippen molar-refractivity contribution in [1.29, 1.82) is 0 Å². The molecule has 0 unspecified atom stereocenters. The van der Waals surface area contributed by atoms with E-state index in [0.717, 1.165) is 16.7 Å². The summed E-state index contributed by atoms with van der Waals surface area (Å²) in [5, 5.41) is 10.9. The molecule has 1 heterocycles. The van der Waals surface area contributed by atoms with Crippen molar-refractivity contribution in [3.8, 4) is 5.75 Å². The molecule has 3 rings (SSSR count). The van der Waals surface area contributed by atoms with Crippen molar-refractivity contribution >= 4 is 46.5 Å². The molecule has 8 nitrogen and oxygen atoms in total. The van der Waals surface area contributed by atoms with E-state index in [4.69, 9.17) is 9.84 Å². The van der Waals surface area contributed by atoms with Gasteiger partial charge in [0.15, 0.2) is 0 Å². The minimum absolute atomic E-state index is 0.0802. The number of anilines is 1. The lowest BCUT2D eigenvalue weighted by Crippen LogP contribution is -2.36. The Balaban J connectivity index is 1.67. The fourth-order valence-corrected chi connectivity index (χ4v) is 3.40. The molecule has 9 heteroatoms. The van der Waals surface area contributed by atoms with Gasteiger partial charge in [-0.05, 0) is 59.8 Å². The molecule has 148 valence electrons. The highest BCUT2D eigenvalue weighted by Crippen LogP contribution is 2.32. The first kappa shape index (κ1) is 20.2. The Bertz CT molecular complexity index is 1020. The van der Waals surface area contributed by atoms with E-state index in [1.165, 1.54) is 31.4 Å². The Hall–Kier alpha value is -3.59. The van der Waals surface area contributed by atoms with E-state index in [0.29, 0.717) is 17.0 Å². The van der Waals surface area contributed by atoms with Crippen LogP contribution in [0, 0.1) is 0 Å². The molecule has 1 fully saturated rings. The fraction of sp³-hybridized carbons (Fsp3) is 0.100. The molecular formula is C20H16N2O6S. The highest BCUT2D eigenvalue weighted by molar-refractivity contribution is 8.18. The van der Waals surface area contributed by atoms with Gasteiger partial charge in [0.05, 0.1) is 17.6 Å². The molecule has 2 aromatic rings. The number of carbonyl (C=O) groups is 4. The number of hydrogen-bond acceptors (Lipinski definition) is 6. The number of nitrogens with zero attached hydrogens (tertiary/aromatic N) is 1. The molecule has 0 radical (unpaired) electrons. The van der Waals surface area contributed by atoms with Gasteiger partial charge in [-0.15, -0.1) is 0 Å². The summed E-state index contributed by atoms with van der Waals surface area (Å²) in [6.45, 7) is -0.444. The first-order valence-electron chi connectivity index (χ1n) is 8.40. The molecule has 3 amide bonds. The zero-order chi connectivity index (χ0) is 21.0. The first-order valence-corrected chi connectivity index (χ1v) is 9.21. The van der Waals surface area contributed by atoms with Gasteiger partial charge in [-0.25, -0.2) is 4.79 Å². The van der Waals surface area contributed by atoms with Crippen molar-refractivity contribution in [3.05, 3.63) is 64.6 Å². The topological polar surface area (TPSA) is 113 Å². The number of carboxylic acid groups (broad SMARTS) is 1. The number of aromatic carboxylic acids is 1. The molecule has 2 N–H and O–H groups in total. The zero-order valence-electron chi connectivity index (χ0n) is 15.2. The molecule has 0 atom stereocenters. The standard InChI is InChI=1S/C20H16N2O6S/c1-28-15-4-2-3-12(9-15)10-16-18(24)22(20(27)29-16)11-17(23)21-14-7-5-13(6-8-14)19(25)26/h2-10H,11H2,1H3,(H,21,23)(H,25,26)/b16-10-. The first-order chi connectivity index (χ1) is 13.9. The highest BCUT2D eigenvalue weighted by Gasteiger charge is 2.36. The van der Waals surface area contributed by atoms with Gasteiger partial charge in [-0.1, -0.05) is 12.1 Å². The largest absolute Gasteiger partial charge is 0.497 e. The second kappa shape index (κ2) is 8.61. The van der Waals surface area contributed by atoms with Crippen LogP contribution in [0.2, 0.25) is 0 Å². The minimum atomic E-state index is -1.08. The summed E-state index contributed by atoms with van der Waals surface area (Å²) >= 11 is 0.756. The van der Waals surface area contributed by atoms with Crippen LogP contribution in [0.15, 0.2) is 53.4 Å². The van der Waals surface area contributed by atoms with Crippen molar-refractivity contribution < 1.29 is 29.0 Å². The van der Waals surface area contributed by atoms with Gasteiger partial charge in [-0.3, -0.25) is 19.3 Å². The summed E-state index contributed by atoms with van der Waals surface area (Å²) in [6, 6.07) is 12.6. The molecule has 1 aliphatic heterocycles. The summed E-state index contributed by atoms with van der Waals surface area (Å²) < 4.78 is 5.13. The summed E-state index contributed by atoms with van der Waals surface area (Å²) in [6.07, 6.45) is 1.57. The molecule has 1 aliphatic rings. The zero-order valence-corrected chi connectivity index (χ0v) is 16.1. The van der Waals surface area contributed by atoms with E-state index in [-0.39, 0.29) is 10.5 Å². The number of thioether (sulfide) groups is 1. The maximum absolute atomic E-state index is 12.5. The number of rotatable bonds is 6. The summed E-state index contributed by atoms with van der Waals surface area (Å²) in [5.41, 5.74) is 1.13. The number of imide groups is 1. The molecule has 0 bridgehead atoms. The van der Waals surface area contributed by atoms with Crippen LogP contribution in [0.25, 0.3) is 6.08 Å². The average Bonchev–Trinajstić information content (AvgIpc) is 2.96. The van der Waals surface area contributed by atoms with Gasteiger partial charge < -0.3 is 15.2 Å². The molecular weight excluding hydrogens is 396 g/mol. The lowest BCUT2D eigenvalue weighted by Gasteiger charge is -2.12. The number of hydrogen-bond donors (Lipinski definition) is 2. The van der Waals surface area contributed by atoms with E-state index >= 15 is 0 Å². The number of amides is 3. The highest BCUT2D eigenvalue weighted by atomic mass is 32.2. The van der Waals surface area contributed by atoms with E-state index < -0.39 is 29.6 Å². The maximum Gasteiger partial charge on any atom is 0.335 e. The minimum Gasteiger partial charge on any atom is -0.497 e. The average molecular weight is 412 g/mol. The number of nitrogens with one attached hydrogen (secondary N) is 1. The Kier molecular flexibility index (Phi) is 5.99. The van der Waals surface area contributed by atoms with Crippen molar-refractivity contribution in [3.63, 3.8) is 0 Å². The monoisotopic (exact) mass is 412 g/mol. The van der Waals surface area contributed by atoms with Crippen molar-refractivity contribution in [1.82, 2.24) is 4.90 Å². The molecule has 1 saturated heterocycles. The van der Waals surface area contributed by atoms with E-state index in [1.54, 1.807) is 30.3 Å². The van der Waals surface area contributed by atoms with Crippen LogP contribution in [-0.2, 0) is 9.59 Å². The molecule has 0 saturated carbocycles. The third-order valence-corrected chi connectivity index (χ3v) is 4.89. The van der Waals surface area contributed by atoms with E-state index in [2.05, 4.69) is 5.32 Å². The number of carbonyl (C=O) groups excluding carboxylic acids is 3. The van der Waals surface area contributed by atoms with Gasteiger partial charge in [0.1, 0.15) is 12.3 Å². The predicted molar refractivity (Wildman–Crippen MR) is 108 cm³/mol. The lowest BCUT2D eigenvalue weighted by atomic mass is 10.2. The van der Waals surface area contributed by atoms with Crippen molar-refractivity contribution in [2.75, 3.05) is 19.0 Å². The van der Waals surface area contributed by atoms with Crippen LogP contribution in [0.3, 0.4) is 0 Å². The van der Waals surface area contributed by atoms with Crippen LogP contribution in [0.4, 0.5) is 10.5 Å². The van der Waals surface area contributed by atoms with Crippen LogP contribution in [0.1, 0.15) is 15.9 Å². The quantitative estimate of drug-likeness (QED) is 0.701. The van der Waals surface area contributed by atoms with Crippen LogP contribution >= 0.6 is 11.8 Å². The predicted octanol–water partition coefficient (Wildman–Crippen LogP) is 3.07. The second-order valence-corrected chi connectivity index (χ2v) is 6.97. The van der Waals surface area contributed by atoms with Crippen LogP contribution in [0.5, 0.6) is 5.75 Å². The third-order valence-electron chi connectivity index (χ3n) is 3.98. The third kappa shape index (κ3) is 4.82. The molecule has 29 heavy (non-hydrogen) atoms. The van der Waals surface area contributed by atoms with Gasteiger partial charge in [0.25, 0.3) is 11.1 Å². The van der Waals surface area contributed by atoms with Crippen LogP contribution < -0.4 is 10.1 Å². The molecule has 2 aromatic carbocycles. The summed E-state index contributed by atoms with van der Waals surface area (Å²) in [4.78, 5) is 48.8. The number of methoxy groups -OCH3 is 1. The number of carboxylic acids is 1. The second-order valence-electron chi connectivity index (χ2n) is 5.98. The number of benzene rings is 2. The van der Waals surface area contributed by atoms with Gasteiger partial charge in [0, 0.05) is 5.69 Å². The smallest absolute Gasteiger partial charge is 0.335 e.